The van der Waals surface area contributed by atoms with Gasteiger partial charge in [0, 0.05) is 9.75 Å². The fourth-order valence-corrected chi connectivity index (χ4v) is 2.38. The molecule has 0 saturated heterocycles. The van der Waals surface area contributed by atoms with Crippen LogP contribution in [0.25, 0.3) is 6.08 Å². The Hall–Kier alpha value is -0.560. The molecule has 1 aliphatic rings. The Bertz CT molecular complexity index is 268. The van der Waals surface area contributed by atoms with Crippen molar-refractivity contribution in [1.82, 2.24) is 0 Å². The molecule has 1 aromatic rings. The molecular formula is C9H10S. The number of fused-ring (bicyclic) bond motifs is 1. The van der Waals surface area contributed by atoms with Crippen LogP contribution in [0.3, 0.4) is 0 Å². The van der Waals surface area contributed by atoms with E-state index in [9.17, 15) is 0 Å². The van der Waals surface area contributed by atoms with Crippen molar-refractivity contribution in [2.24, 2.45) is 0 Å². The van der Waals surface area contributed by atoms with E-state index in [0.717, 1.165) is 0 Å². The molecule has 0 bridgehead atoms. The molecule has 1 aromatic heterocycles. The van der Waals surface area contributed by atoms with Gasteiger partial charge in [0.15, 0.2) is 0 Å². The Morgan fingerprint density at radius 2 is 2.40 bits per heavy atom. The highest BCUT2D eigenvalue weighted by Crippen LogP contribution is 2.27. The molecule has 1 aliphatic carbocycles. The molecule has 10 heavy (non-hydrogen) atoms. The summed E-state index contributed by atoms with van der Waals surface area (Å²) in [5.74, 6) is 0. The lowest BCUT2D eigenvalue weighted by molar-refractivity contribution is 1.01. The van der Waals surface area contributed by atoms with Crippen LogP contribution in [0.2, 0.25) is 0 Å². The van der Waals surface area contributed by atoms with Gasteiger partial charge in [0.25, 0.3) is 0 Å². The second kappa shape index (κ2) is 2.24. The lowest BCUT2D eigenvalue weighted by atomic mass is 10.1. The standard InChI is InChI=1S/C9H10S/c1-7-6-8-4-2-3-5-9(8)10-7/h2,4,6H,3,5H2,1H3. The van der Waals surface area contributed by atoms with Crippen molar-refractivity contribution in [2.45, 2.75) is 19.8 Å². The first-order valence-electron chi connectivity index (χ1n) is 3.62. The summed E-state index contributed by atoms with van der Waals surface area (Å²) >= 11 is 1.94. The van der Waals surface area contributed by atoms with Crippen LogP contribution in [0, 0.1) is 6.92 Å². The van der Waals surface area contributed by atoms with Gasteiger partial charge in [0.2, 0.25) is 0 Å². The van der Waals surface area contributed by atoms with Gasteiger partial charge in [-0.3, -0.25) is 0 Å². The molecule has 0 spiro atoms. The normalized spacial score (nSPS) is 15.3. The average Bonchev–Trinajstić information content (AvgIpc) is 2.27. The van der Waals surface area contributed by atoms with E-state index in [1.54, 1.807) is 4.88 Å². The summed E-state index contributed by atoms with van der Waals surface area (Å²) < 4.78 is 0. The molecule has 0 atom stereocenters. The summed E-state index contributed by atoms with van der Waals surface area (Å²) in [4.78, 5) is 3.01. The molecule has 0 aliphatic heterocycles. The molecule has 2 rings (SSSR count). The monoisotopic (exact) mass is 150 g/mol. The minimum Gasteiger partial charge on any atom is -0.145 e. The zero-order valence-corrected chi connectivity index (χ0v) is 6.87. The zero-order valence-electron chi connectivity index (χ0n) is 6.05. The van der Waals surface area contributed by atoms with Crippen LogP contribution in [-0.4, -0.2) is 0 Å². The number of hydrogen-bond donors (Lipinski definition) is 0. The number of allylic oxidation sites excluding steroid dienone is 1. The number of aryl methyl sites for hydroxylation is 2. The average molecular weight is 150 g/mol. The second-order valence-corrected chi connectivity index (χ2v) is 4.02. The summed E-state index contributed by atoms with van der Waals surface area (Å²) in [6.07, 6.45) is 6.98. The van der Waals surface area contributed by atoms with E-state index in [2.05, 4.69) is 25.1 Å². The van der Waals surface area contributed by atoms with E-state index >= 15 is 0 Å². The van der Waals surface area contributed by atoms with Crippen molar-refractivity contribution in [2.75, 3.05) is 0 Å². The van der Waals surface area contributed by atoms with Crippen molar-refractivity contribution >= 4 is 17.4 Å². The van der Waals surface area contributed by atoms with Crippen molar-refractivity contribution in [3.8, 4) is 0 Å². The van der Waals surface area contributed by atoms with E-state index < -0.39 is 0 Å². The fourth-order valence-electron chi connectivity index (χ4n) is 1.34. The minimum atomic E-state index is 1.23. The Labute approximate surface area is 65.2 Å². The third-order valence-electron chi connectivity index (χ3n) is 1.80. The zero-order chi connectivity index (χ0) is 6.97. The molecular weight excluding hydrogens is 140 g/mol. The van der Waals surface area contributed by atoms with Gasteiger partial charge in [0.1, 0.15) is 0 Å². The predicted octanol–water partition coefficient (Wildman–Crippen LogP) is 3.02. The van der Waals surface area contributed by atoms with Crippen molar-refractivity contribution < 1.29 is 0 Å². The van der Waals surface area contributed by atoms with Gasteiger partial charge in [-0.15, -0.1) is 11.3 Å². The molecule has 0 radical (unpaired) electrons. The highest BCUT2D eigenvalue weighted by Gasteiger charge is 2.06. The molecule has 0 unspecified atom stereocenters. The molecule has 0 amide bonds. The maximum atomic E-state index is 2.27. The van der Waals surface area contributed by atoms with Gasteiger partial charge in [-0.25, -0.2) is 0 Å². The molecule has 1 heterocycles. The third kappa shape index (κ3) is 0.907. The highest BCUT2D eigenvalue weighted by atomic mass is 32.1. The molecule has 0 aromatic carbocycles. The molecule has 0 fully saturated rings. The van der Waals surface area contributed by atoms with Crippen molar-refractivity contribution in [1.29, 1.82) is 0 Å². The SMILES string of the molecule is Cc1cc2c(s1)CCC=C2. The Morgan fingerprint density at radius 3 is 3.20 bits per heavy atom. The maximum absolute atomic E-state index is 2.27. The van der Waals surface area contributed by atoms with Crippen LogP contribution < -0.4 is 0 Å². The first kappa shape index (κ1) is 6.17. The Morgan fingerprint density at radius 1 is 1.50 bits per heavy atom. The smallest absolute Gasteiger partial charge is 0.0123 e. The number of hydrogen-bond acceptors (Lipinski definition) is 1. The predicted molar refractivity (Wildman–Crippen MR) is 46.4 cm³/mol. The van der Waals surface area contributed by atoms with Gasteiger partial charge in [0.05, 0.1) is 0 Å². The maximum Gasteiger partial charge on any atom is 0.0123 e. The lowest BCUT2D eigenvalue weighted by Gasteiger charge is -2.01. The fraction of sp³-hybridized carbons (Fsp3) is 0.333. The molecule has 0 N–H and O–H groups in total. The van der Waals surface area contributed by atoms with Crippen molar-refractivity contribution in [3.05, 3.63) is 27.5 Å². The molecule has 0 nitrogen and oxygen atoms in total. The summed E-state index contributed by atoms with van der Waals surface area (Å²) in [5, 5.41) is 0. The summed E-state index contributed by atoms with van der Waals surface area (Å²) in [6, 6.07) is 2.27. The van der Waals surface area contributed by atoms with Crippen LogP contribution >= 0.6 is 11.3 Å². The minimum absolute atomic E-state index is 1.23. The second-order valence-electron chi connectivity index (χ2n) is 2.68. The van der Waals surface area contributed by atoms with Gasteiger partial charge < -0.3 is 0 Å². The van der Waals surface area contributed by atoms with Crippen LogP contribution in [0.5, 0.6) is 0 Å². The van der Waals surface area contributed by atoms with Crippen molar-refractivity contribution in [3.63, 3.8) is 0 Å². The molecule has 0 saturated carbocycles. The Balaban J connectivity index is 2.53. The van der Waals surface area contributed by atoms with Gasteiger partial charge in [-0.1, -0.05) is 12.2 Å². The van der Waals surface area contributed by atoms with E-state index in [0.29, 0.717) is 0 Å². The first-order chi connectivity index (χ1) is 4.86. The van der Waals surface area contributed by atoms with Gasteiger partial charge >= 0.3 is 0 Å². The number of rotatable bonds is 0. The highest BCUT2D eigenvalue weighted by molar-refractivity contribution is 7.12. The van der Waals surface area contributed by atoms with E-state index in [1.807, 2.05) is 11.3 Å². The van der Waals surface area contributed by atoms with Gasteiger partial charge in [-0.2, -0.15) is 0 Å². The quantitative estimate of drug-likeness (QED) is 0.533. The first-order valence-corrected chi connectivity index (χ1v) is 4.44. The summed E-state index contributed by atoms with van der Waals surface area (Å²) in [5.41, 5.74) is 1.45. The summed E-state index contributed by atoms with van der Waals surface area (Å²) in [6.45, 7) is 2.18. The number of thiophene rings is 1. The third-order valence-corrected chi connectivity index (χ3v) is 2.93. The largest absolute Gasteiger partial charge is 0.145 e. The van der Waals surface area contributed by atoms with Crippen LogP contribution in [0.15, 0.2) is 12.1 Å². The summed E-state index contributed by atoms with van der Waals surface area (Å²) in [7, 11) is 0. The van der Waals surface area contributed by atoms with Crippen LogP contribution in [0.4, 0.5) is 0 Å². The van der Waals surface area contributed by atoms with E-state index in [4.69, 9.17) is 0 Å². The van der Waals surface area contributed by atoms with E-state index in [1.165, 1.54) is 23.3 Å². The van der Waals surface area contributed by atoms with Crippen LogP contribution in [-0.2, 0) is 6.42 Å². The molecule has 1 heteroatoms. The van der Waals surface area contributed by atoms with Crippen LogP contribution in [0.1, 0.15) is 21.7 Å². The van der Waals surface area contributed by atoms with E-state index in [-0.39, 0.29) is 0 Å². The Kier molecular flexibility index (Phi) is 1.38. The topological polar surface area (TPSA) is 0 Å². The molecule has 52 valence electrons. The van der Waals surface area contributed by atoms with Gasteiger partial charge in [-0.05, 0) is 31.4 Å². The lowest BCUT2D eigenvalue weighted by Crippen LogP contribution is -1.85.